The van der Waals surface area contributed by atoms with Crippen molar-refractivity contribution in [3.8, 4) is 0 Å². The topological polar surface area (TPSA) is 37.0 Å². The third-order valence-electron chi connectivity index (χ3n) is 6.21. The molecule has 0 spiro atoms. The molecule has 1 fully saturated rings. The van der Waals surface area contributed by atoms with E-state index in [1.54, 1.807) is 0 Å². The second-order valence-corrected chi connectivity index (χ2v) is 8.90. The third-order valence-corrected chi connectivity index (χ3v) is 6.44. The average Bonchev–Trinajstić information content (AvgIpc) is 2.78. The number of hydrogen-bond donors (Lipinski definition) is 2. The quantitative estimate of drug-likeness (QED) is 0.381. The largest absolute Gasteiger partial charge is 0.382 e. The number of nitrogens with one attached hydrogen (secondary N) is 2. The molecule has 0 atom stereocenters. The van der Waals surface area contributed by atoms with Crippen molar-refractivity contribution in [1.82, 2.24) is 10.3 Å². The fourth-order valence-corrected chi connectivity index (χ4v) is 4.66. The summed E-state index contributed by atoms with van der Waals surface area (Å²) >= 11 is 6.11. The molecule has 158 valence electrons. The van der Waals surface area contributed by atoms with Crippen LogP contribution in [-0.2, 0) is 6.42 Å². The number of aromatic nitrogens is 1. The summed E-state index contributed by atoms with van der Waals surface area (Å²) in [6.45, 7) is 1.15. The van der Waals surface area contributed by atoms with E-state index in [9.17, 15) is 0 Å². The summed E-state index contributed by atoms with van der Waals surface area (Å²) < 4.78 is 0. The molecular weight excluding hydrogens is 390 g/mol. The number of unbranched alkanes of at least 4 members (excludes halogenated alkanes) is 2. The van der Waals surface area contributed by atoms with Crippen molar-refractivity contribution >= 4 is 28.2 Å². The maximum absolute atomic E-state index is 6.11. The first kappa shape index (κ1) is 21.1. The Morgan fingerprint density at radius 3 is 2.50 bits per heavy atom. The van der Waals surface area contributed by atoms with Gasteiger partial charge in [-0.15, -0.1) is 0 Å². The molecule has 0 aliphatic heterocycles. The van der Waals surface area contributed by atoms with Gasteiger partial charge in [0.1, 0.15) is 0 Å². The molecule has 1 aliphatic carbocycles. The molecule has 4 heteroatoms. The molecule has 4 rings (SSSR count). The highest BCUT2D eigenvalue weighted by Gasteiger charge is 2.21. The second kappa shape index (κ2) is 10.8. The van der Waals surface area contributed by atoms with Crippen molar-refractivity contribution in [3.63, 3.8) is 0 Å². The average molecular weight is 422 g/mol. The first-order chi connectivity index (χ1) is 14.8. The predicted octanol–water partition coefficient (Wildman–Crippen LogP) is 6.61. The first-order valence-corrected chi connectivity index (χ1v) is 11.7. The van der Waals surface area contributed by atoms with E-state index in [0.717, 1.165) is 22.5 Å². The van der Waals surface area contributed by atoms with Gasteiger partial charge in [-0.2, -0.15) is 0 Å². The number of rotatable bonds is 9. The fourth-order valence-electron chi connectivity index (χ4n) is 4.49. The maximum Gasteiger partial charge on any atom is 0.0737 e. The Kier molecular flexibility index (Phi) is 7.60. The number of hydrogen-bond acceptors (Lipinski definition) is 3. The van der Waals surface area contributed by atoms with Crippen LogP contribution in [0.2, 0.25) is 5.02 Å². The van der Waals surface area contributed by atoms with Gasteiger partial charge in [-0.05, 0) is 81.3 Å². The molecule has 2 aromatic carbocycles. The lowest BCUT2D eigenvalue weighted by Crippen LogP contribution is -2.37. The number of aryl methyl sites for hydroxylation is 1. The lowest BCUT2D eigenvalue weighted by Gasteiger charge is -2.30. The molecule has 3 aromatic rings. The number of pyridine rings is 1. The summed E-state index contributed by atoms with van der Waals surface area (Å²) in [7, 11) is 0. The van der Waals surface area contributed by atoms with Gasteiger partial charge in [-0.3, -0.25) is 4.98 Å². The van der Waals surface area contributed by atoms with Gasteiger partial charge in [-0.25, -0.2) is 0 Å². The van der Waals surface area contributed by atoms with E-state index in [4.69, 9.17) is 11.6 Å². The summed E-state index contributed by atoms with van der Waals surface area (Å²) in [4.78, 5) is 4.45. The molecule has 1 aromatic heterocycles. The maximum atomic E-state index is 6.11. The zero-order chi connectivity index (χ0) is 20.6. The van der Waals surface area contributed by atoms with E-state index in [1.807, 2.05) is 18.3 Å². The summed E-state index contributed by atoms with van der Waals surface area (Å²) in [6.07, 6.45) is 11.8. The minimum Gasteiger partial charge on any atom is -0.382 e. The van der Waals surface area contributed by atoms with Crippen LogP contribution >= 0.6 is 11.6 Å². The van der Waals surface area contributed by atoms with Crippen LogP contribution in [0.3, 0.4) is 0 Å². The minimum absolute atomic E-state index is 0.537. The van der Waals surface area contributed by atoms with Crippen molar-refractivity contribution in [2.45, 2.75) is 63.5 Å². The van der Waals surface area contributed by atoms with Gasteiger partial charge in [0.2, 0.25) is 0 Å². The van der Waals surface area contributed by atoms with Crippen LogP contribution in [0.1, 0.15) is 50.5 Å². The zero-order valence-electron chi connectivity index (χ0n) is 17.6. The van der Waals surface area contributed by atoms with Crippen LogP contribution in [-0.4, -0.2) is 23.6 Å². The molecule has 3 nitrogen and oxygen atoms in total. The van der Waals surface area contributed by atoms with Crippen LogP contribution in [0.4, 0.5) is 5.69 Å². The van der Waals surface area contributed by atoms with Gasteiger partial charge in [0.25, 0.3) is 0 Å². The van der Waals surface area contributed by atoms with Gasteiger partial charge in [0.05, 0.1) is 5.52 Å². The molecule has 0 amide bonds. The lowest BCUT2D eigenvalue weighted by atomic mass is 9.90. The van der Waals surface area contributed by atoms with Crippen LogP contribution < -0.4 is 10.6 Å². The Labute approximate surface area is 185 Å². The molecule has 30 heavy (non-hydrogen) atoms. The van der Waals surface area contributed by atoms with E-state index < -0.39 is 0 Å². The number of fused-ring (bicyclic) bond motifs is 1. The highest BCUT2D eigenvalue weighted by molar-refractivity contribution is 6.31. The molecule has 2 N–H and O–H groups in total. The highest BCUT2D eigenvalue weighted by Crippen LogP contribution is 2.28. The number of anilines is 1. The molecule has 1 saturated carbocycles. The number of nitrogens with zero attached hydrogens (tertiary/aromatic N) is 1. The summed E-state index contributed by atoms with van der Waals surface area (Å²) in [5.74, 6) is 0. The Hall–Kier alpha value is -2.10. The van der Waals surface area contributed by atoms with Crippen molar-refractivity contribution < 1.29 is 0 Å². The molecule has 1 aliphatic rings. The zero-order valence-corrected chi connectivity index (χ0v) is 18.4. The molecular formula is C26H32ClN3. The molecule has 0 saturated heterocycles. The standard InChI is InChI=1S/C26H32ClN3/c27-21-10-15-24-25(16-18-29-26(24)19-21)30-23-13-11-22(12-14-23)28-17-6-2-5-9-20-7-3-1-4-8-20/h1,3-4,7-8,10,15-16,18-19,22-23,28H,2,5-6,9,11-14,17H2,(H,29,30). The lowest BCUT2D eigenvalue weighted by molar-refractivity contribution is 0.351. The van der Waals surface area contributed by atoms with Gasteiger partial charge >= 0.3 is 0 Å². The highest BCUT2D eigenvalue weighted by atomic mass is 35.5. The van der Waals surface area contributed by atoms with Crippen molar-refractivity contribution in [1.29, 1.82) is 0 Å². The van der Waals surface area contributed by atoms with Crippen LogP contribution in [0.25, 0.3) is 10.9 Å². The summed E-state index contributed by atoms with van der Waals surface area (Å²) in [5.41, 5.74) is 3.59. The number of halogens is 1. The predicted molar refractivity (Wildman–Crippen MR) is 128 cm³/mol. The minimum atomic E-state index is 0.537. The Morgan fingerprint density at radius 1 is 0.867 bits per heavy atom. The normalized spacial score (nSPS) is 19.1. The van der Waals surface area contributed by atoms with E-state index in [0.29, 0.717) is 12.1 Å². The van der Waals surface area contributed by atoms with Crippen molar-refractivity contribution in [3.05, 3.63) is 71.4 Å². The molecule has 0 bridgehead atoms. The monoisotopic (exact) mass is 421 g/mol. The van der Waals surface area contributed by atoms with Gasteiger partial charge < -0.3 is 10.6 Å². The first-order valence-electron chi connectivity index (χ1n) is 11.4. The second-order valence-electron chi connectivity index (χ2n) is 8.46. The van der Waals surface area contributed by atoms with Crippen molar-refractivity contribution in [2.75, 3.05) is 11.9 Å². The Bertz CT molecular complexity index is 920. The SMILES string of the molecule is Clc1ccc2c(NC3CCC(NCCCCCc4ccccc4)CC3)ccnc2c1. The van der Waals surface area contributed by atoms with Gasteiger partial charge in [0, 0.05) is 34.4 Å². The number of benzene rings is 2. The van der Waals surface area contributed by atoms with Crippen LogP contribution in [0.5, 0.6) is 0 Å². The van der Waals surface area contributed by atoms with Crippen LogP contribution in [0.15, 0.2) is 60.8 Å². The van der Waals surface area contributed by atoms with E-state index in [2.05, 4.69) is 58.1 Å². The molecule has 0 radical (unpaired) electrons. The third kappa shape index (κ3) is 5.96. The molecule has 0 unspecified atom stereocenters. The smallest absolute Gasteiger partial charge is 0.0737 e. The molecule has 1 heterocycles. The van der Waals surface area contributed by atoms with Crippen LogP contribution in [0, 0.1) is 0 Å². The van der Waals surface area contributed by atoms with E-state index in [1.165, 1.54) is 62.6 Å². The van der Waals surface area contributed by atoms with Gasteiger partial charge in [-0.1, -0.05) is 48.4 Å². The summed E-state index contributed by atoms with van der Waals surface area (Å²) in [5, 5.41) is 9.43. The van der Waals surface area contributed by atoms with E-state index >= 15 is 0 Å². The summed E-state index contributed by atoms with van der Waals surface area (Å²) in [6, 6.07) is 20.1. The van der Waals surface area contributed by atoms with Crippen molar-refractivity contribution in [2.24, 2.45) is 0 Å². The fraction of sp³-hybridized carbons (Fsp3) is 0.423. The van der Waals surface area contributed by atoms with E-state index in [-0.39, 0.29) is 0 Å². The Morgan fingerprint density at radius 2 is 1.67 bits per heavy atom. The Balaban J connectivity index is 1.14. The van der Waals surface area contributed by atoms with Gasteiger partial charge in [0.15, 0.2) is 0 Å².